The fraction of sp³-hybridized carbons (Fsp3) is 0.118. The number of amides is 3. The van der Waals surface area contributed by atoms with Crippen LogP contribution in [0, 0.1) is 5.82 Å². The summed E-state index contributed by atoms with van der Waals surface area (Å²) < 4.78 is 13.4. The van der Waals surface area contributed by atoms with Gasteiger partial charge in [-0.05, 0) is 24.3 Å². The Hall–Kier alpha value is -3.22. The molecule has 0 aliphatic heterocycles. The number of halogens is 1. The molecule has 2 rings (SSSR count). The van der Waals surface area contributed by atoms with Crippen molar-refractivity contribution in [2.45, 2.75) is 12.8 Å². The third kappa shape index (κ3) is 5.20. The predicted octanol–water partition coefficient (Wildman–Crippen LogP) is 2.01. The van der Waals surface area contributed by atoms with E-state index in [1.165, 1.54) is 18.2 Å². The SMILES string of the molecule is O=C(CCC(=O)Nc1ccccc1)NNC(=O)c1ccccc1F. The van der Waals surface area contributed by atoms with E-state index < -0.39 is 17.6 Å². The Kier molecular flexibility index (Phi) is 6.01. The van der Waals surface area contributed by atoms with Gasteiger partial charge in [-0.1, -0.05) is 30.3 Å². The van der Waals surface area contributed by atoms with Crippen LogP contribution in [0.5, 0.6) is 0 Å². The third-order valence-corrected chi connectivity index (χ3v) is 3.07. The lowest BCUT2D eigenvalue weighted by Crippen LogP contribution is -2.42. The summed E-state index contributed by atoms with van der Waals surface area (Å²) in [5.74, 6) is -2.33. The highest BCUT2D eigenvalue weighted by Crippen LogP contribution is 2.06. The normalized spacial score (nSPS) is 9.88. The van der Waals surface area contributed by atoms with Crippen LogP contribution in [0.2, 0.25) is 0 Å². The van der Waals surface area contributed by atoms with Crippen molar-refractivity contribution < 1.29 is 18.8 Å². The van der Waals surface area contributed by atoms with Gasteiger partial charge in [0.1, 0.15) is 5.82 Å². The number of hydrogen-bond acceptors (Lipinski definition) is 3. The van der Waals surface area contributed by atoms with Crippen molar-refractivity contribution in [3.05, 3.63) is 66.0 Å². The maximum atomic E-state index is 13.4. The van der Waals surface area contributed by atoms with Crippen molar-refractivity contribution in [3.63, 3.8) is 0 Å². The van der Waals surface area contributed by atoms with E-state index in [-0.39, 0.29) is 24.3 Å². The summed E-state index contributed by atoms with van der Waals surface area (Å²) in [5.41, 5.74) is 4.70. The fourth-order valence-corrected chi connectivity index (χ4v) is 1.87. The molecule has 0 saturated carbocycles. The Balaban J connectivity index is 1.72. The molecular weight excluding hydrogens is 313 g/mol. The van der Waals surface area contributed by atoms with Gasteiger partial charge in [-0.2, -0.15) is 0 Å². The lowest BCUT2D eigenvalue weighted by atomic mass is 10.2. The third-order valence-electron chi connectivity index (χ3n) is 3.07. The minimum absolute atomic E-state index is 0.0453. The largest absolute Gasteiger partial charge is 0.326 e. The van der Waals surface area contributed by atoms with Gasteiger partial charge in [-0.15, -0.1) is 0 Å². The second-order valence-corrected chi connectivity index (χ2v) is 4.90. The van der Waals surface area contributed by atoms with Crippen LogP contribution in [0.1, 0.15) is 23.2 Å². The topological polar surface area (TPSA) is 87.3 Å². The number of nitrogens with one attached hydrogen (secondary N) is 3. The average molecular weight is 329 g/mol. The zero-order chi connectivity index (χ0) is 17.4. The van der Waals surface area contributed by atoms with Gasteiger partial charge in [0, 0.05) is 18.5 Å². The molecule has 2 aromatic rings. The van der Waals surface area contributed by atoms with Crippen LogP contribution in [0.3, 0.4) is 0 Å². The monoisotopic (exact) mass is 329 g/mol. The molecule has 0 saturated heterocycles. The van der Waals surface area contributed by atoms with Gasteiger partial charge < -0.3 is 5.32 Å². The maximum Gasteiger partial charge on any atom is 0.272 e. The number of rotatable bonds is 5. The summed E-state index contributed by atoms with van der Waals surface area (Å²) in [4.78, 5) is 35.0. The van der Waals surface area contributed by atoms with E-state index in [0.29, 0.717) is 5.69 Å². The van der Waals surface area contributed by atoms with Gasteiger partial charge in [0.25, 0.3) is 5.91 Å². The van der Waals surface area contributed by atoms with E-state index in [9.17, 15) is 18.8 Å². The highest BCUT2D eigenvalue weighted by molar-refractivity contribution is 5.96. The molecule has 0 aliphatic rings. The Morgan fingerprint density at radius 1 is 0.792 bits per heavy atom. The number of anilines is 1. The maximum absolute atomic E-state index is 13.4. The molecule has 6 nitrogen and oxygen atoms in total. The molecule has 3 N–H and O–H groups in total. The molecular formula is C17H16FN3O3. The van der Waals surface area contributed by atoms with Gasteiger partial charge in [0.2, 0.25) is 11.8 Å². The zero-order valence-electron chi connectivity index (χ0n) is 12.7. The van der Waals surface area contributed by atoms with Crippen LogP contribution in [-0.2, 0) is 9.59 Å². The van der Waals surface area contributed by atoms with Crippen LogP contribution in [-0.4, -0.2) is 17.7 Å². The van der Waals surface area contributed by atoms with Crippen LogP contribution in [0.4, 0.5) is 10.1 Å². The molecule has 0 heterocycles. The molecule has 0 atom stereocenters. The number of hydrogen-bond donors (Lipinski definition) is 3. The second-order valence-electron chi connectivity index (χ2n) is 4.90. The van der Waals surface area contributed by atoms with E-state index >= 15 is 0 Å². The van der Waals surface area contributed by atoms with Gasteiger partial charge >= 0.3 is 0 Å². The number of carbonyl (C=O) groups is 3. The van der Waals surface area contributed by atoms with Crippen molar-refractivity contribution in [1.82, 2.24) is 10.9 Å². The Morgan fingerprint density at radius 2 is 1.42 bits per heavy atom. The standard InChI is InChI=1S/C17H16FN3O3/c18-14-9-5-4-8-13(14)17(24)21-20-16(23)11-10-15(22)19-12-6-2-1-3-7-12/h1-9H,10-11H2,(H,19,22)(H,20,23)(H,21,24). The van der Waals surface area contributed by atoms with Crippen LogP contribution >= 0.6 is 0 Å². The molecule has 0 fully saturated rings. The first-order valence-electron chi connectivity index (χ1n) is 7.25. The van der Waals surface area contributed by atoms with Crippen molar-refractivity contribution in [2.75, 3.05) is 5.32 Å². The summed E-state index contributed by atoms with van der Waals surface area (Å²) >= 11 is 0. The number of benzene rings is 2. The van der Waals surface area contributed by atoms with Gasteiger partial charge in [0.05, 0.1) is 5.56 Å². The summed E-state index contributed by atoms with van der Waals surface area (Å²) in [6, 6.07) is 14.2. The Labute approximate surface area is 138 Å². The van der Waals surface area contributed by atoms with Gasteiger partial charge in [-0.25, -0.2) is 4.39 Å². The minimum atomic E-state index is -0.768. The molecule has 0 spiro atoms. The smallest absolute Gasteiger partial charge is 0.272 e. The Bertz CT molecular complexity index is 735. The molecule has 7 heteroatoms. The molecule has 3 amide bonds. The van der Waals surface area contributed by atoms with Crippen molar-refractivity contribution in [2.24, 2.45) is 0 Å². The number of carbonyl (C=O) groups excluding carboxylic acids is 3. The van der Waals surface area contributed by atoms with E-state index in [1.807, 2.05) is 6.07 Å². The lowest BCUT2D eigenvalue weighted by molar-refractivity contribution is -0.124. The summed E-state index contributed by atoms with van der Waals surface area (Å²) in [5, 5.41) is 2.64. The summed E-state index contributed by atoms with van der Waals surface area (Å²) in [6.45, 7) is 0. The van der Waals surface area contributed by atoms with Crippen molar-refractivity contribution >= 4 is 23.4 Å². The predicted molar refractivity (Wildman–Crippen MR) is 86.3 cm³/mol. The molecule has 0 bridgehead atoms. The van der Waals surface area contributed by atoms with E-state index in [1.54, 1.807) is 24.3 Å². The van der Waals surface area contributed by atoms with Crippen molar-refractivity contribution in [3.8, 4) is 0 Å². The molecule has 0 aliphatic carbocycles. The van der Waals surface area contributed by atoms with E-state index in [2.05, 4.69) is 16.2 Å². The van der Waals surface area contributed by atoms with E-state index in [4.69, 9.17) is 0 Å². The fourth-order valence-electron chi connectivity index (χ4n) is 1.87. The summed E-state index contributed by atoms with van der Waals surface area (Å²) in [6.07, 6.45) is -0.160. The highest BCUT2D eigenvalue weighted by atomic mass is 19.1. The Morgan fingerprint density at radius 3 is 2.12 bits per heavy atom. The molecule has 24 heavy (non-hydrogen) atoms. The quantitative estimate of drug-likeness (QED) is 0.733. The first-order valence-corrected chi connectivity index (χ1v) is 7.25. The van der Waals surface area contributed by atoms with Gasteiger partial charge in [-0.3, -0.25) is 25.2 Å². The first-order chi connectivity index (χ1) is 11.6. The first kappa shape index (κ1) is 17.1. The highest BCUT2D eigenvalue weighted by Gasteiger charge is 2.12. The molecule has 0 aromatic heterocycles. The second kappa shape index (κ2) is 8.42. The molecule has 0 radical (unpaired) electrons. The number of hydrazine groups is 1. The number of para-hydroxylation sites is 1. The average Bonchev–Trinajstić information content (AvgIpc) is 2.59. The zero-order valence-corrected chi connectivity index (χ0v) is 12.7. The van der Waals surface area contributed by atoms with Crippen molar-refractivity contribution in [1.29, 1.82) is 0 Å². The summed E-state index contributed by atoms with van der Waals surface area (Å²) in [7, 11) is 0. The van der Waals surface area contributed by atoms with Gasteiger partial charge in [0.15, 0.2) is 0 Å². The minimum Gasteiger partial charge on any atom is -0.326 e. The van der Waals surface area contributed by atoms with E-state index in [0.717, 1.165) is 6.07 Å². The molecule has 0 unspecified atom stereocenters. The van der Waals surface area contributed by atoms with Crippen LogP contribution in [0.15, 0.2) is 54.6 Å². The van der Waals surface area contributed by atoms with Crippen LogP contribution in [0.25, 0.3) is 0 Å². The van der Waals surface area contributed by atoms with Crippen LogP contribution < -0.4 is 16.2 Å². The molecule has 124 valence electrons. The lowest BCUT2D eigenvalue weighted by Gasteiger charge is -2.08. The molecule has 2 aromatic carbocycles.